The fourth-order valence-corrected chi connectivity index (χ4v) is 4.25. The van der Waals surface area contributed by atoms with Crippen molar-refractivity contribution >= 4 is 15.9 Å². The van der Waals surface area contributed by atoms with Crippen molar-refractivity contribution < 1.29 is 36.9 Å². The van der Waals surface area contributed by atoms with Gasteiger partial charge in [0.15, 0.2) is 23.0 Å². The molecule has 0 radical (unpaired) electrons. The minimum Gasteiger partial charge on any atom is -0.496 e. The standard InChI is InChI=1S/C22H28N2O8S/c1-28-18-13-20(30-3)19(29-2)11-15(18)14-23-22(25)7-8-24-33(26,27)16-5-6-17-21(12-16)32-10-4-9-31-17/h5-6,11-13,24H,4,7-10,14H2,1-3H3,(H,23,25). The van der Waals surface area contributed by atoms with E-state index in [-0.39, 0.29) is 30.3 Å². The number of benzene rings is 2. The Kier molecular flexibility index (Phi) is 8.23. The van der Waals surface area contributed by atoms with E-state index in [1.807, 2.05) is 0 Å². The third kappa shape index (κ3) is 6.20. The fraction of sp³-hybridized carbons (Fsp3) is 0.409. The number of hydrogen-bond donors (Lipinski definition) is 2. The molecule has 2 aromatic rings. The smallest absolute Gasteiger partial charge is 0.240 e. The van der Waals surface area contributed by atoms with Gasteiger partial charge in [-0.05, 0) is 18.2 Å². The van der Waals surface area contributed by atoms with Crippen LogP contribution in [0.3, 0.4) is 0 Å². The van der Waals surface area contributed by atoms with Crippen LogP contribution < -0.4 is 33.7 Å². The average molecular weight is 481 g/mol. The highest BCUT2D eigenvalue weighted by Gasteiger charge is 2.19. The Bertz CT molecular complexity index is 1090. The molecule has 11 heteroatoms. The van der Waals surface area contributed by atoms with Crippen molar-refractivity contribution in [3.05, 3.63) is 35.9 Å². The summed E-state index contributed by atoms with van der Waals surface area (Å²) in [5, 5.41) is 2.75. The van der Waals surface area contributed by atoms with E-state index in [9.17, 15) is 13.2 Å². The molecule has 1 aliphatic heterocycles. The van der Waals surface area contributed by atoms with Gasteiger partial charge in [0.1, 0.15) is 5.75 Å². The quantitative estimate of drug-likeness (QED) is 0.529. The van der Waals surface area contributed by atoms with Crippen molar-refractivity contribution in [3.63, 3.8) is 0 Å². The third-order valence-corrected chi connectivity index (χ3v) is 6.39. The van der Waals surface area contributed by atoms with E-state index in [1.165, 1.54) is 33.5 Å². The topological polar surface area (TPSA) is 121 Å². The van der Waals surface area contributed by atoms with Crippen LogP contribution in [0.25, 0.3) is 0 Å². The molecule has 3 rings (SSSR count). The lowest BCUT2D eigenvalue weighted by atomic mass is 10.1. The molecule has 0 atom stereocenters. The molecule has 0 unspecified atom stereocenters. The van der Waals surface area contributed by atoms with Gasteiger partial charge in [0, 0.05) is 43.6 Å². The van der Waals surface area contributed by atoms with E-state index >= 15 is 0 Å². The normalized spacial score (nSPS) is 13.1. The van der Waals surface area contributed by atoms with E-state index in [0.29, 0.717) is 47.5 Å². The largest absolute Gasteiger partial charge is 0.496 e. The van der Waals surface area contributed by atoms with Crippen LogP contribution in [0.1, 0.15) is 18.4 Å². The highest BCUT2D eigenvalue weighted by Crippen LogP contribution is 2.34. The number of hydrogen-bond acceptors (Lipinski definition) is 8. The summed E-state index contributed by atoms with van der Waals surface area (Å²) in [4.78, 5) is 12.3. The van der Waals surface area contributed by atoms with Crippen molar-refractivity contribution in [1.82, 2.24) is 10.0 Å². The van der Waals surface area contributed by atoms with Crippen molar-refractivity contribution in [1.29, 1.82) is 0 Å². The fourth-order valence-electron chi connectivity index (χ4n) is 3.21. The van der Waals surface area contributed by atoms with Crippen LogP contribution in [0.4, 0.5) is 0 Å². The van der Waals surface area contributed by atoms with Gasteiger partial charge in [-0.2, -0.15) is 0 Å². The number of rotatable bonds is 10. The van der Waals surface area contributed by atoms with E-state index in [4.69, 9.17) is 23.7 Å². The van der Waals surface area contributed by atoms with E-state index < -0.39 is 10.0 Å². The summed E-state index contributed by atoms with van der Waals surface area (Å²) in [5.41, 5.74) is 0.691. The highest BCUT2D eigenvalue weighted by atomic mass is 32.2. The lowest BCUT2D eigenvalue weighted by Crippen LogP contribution is -2.30. The molecule has 0 bridgehead atoms. The molecule has 0 aliphatic carbocycles. The molecule has 1 amide bonds. The molecule has 0 aromatic heterocycles. The molecule has 0 spiro atoms. The molecule has 1 aliphatic rings. The first kappa shape index (κ1) is 24.5. The summed E-state index contributed by atoms with van der Waals surface area (Å²) in [7, 11) is 0.739. The van der Waals surface area contributed by atoms with Gasteiger partial charge >= 0.3 is 0 Å². The van der Waals surface area contributed by atoms with E-state index in [0.717, 1.165) is 6.42 Å². The Morgan fingerprint density at radius 2 is 1.61 bits per heavy atom. The molecule has 2 N–H and O–H groups in total. The molecular formula is C22H28N2O8S. The van der Waals surface area contributed by atoms with Gasteiger partial charge in [-0.1, -0.05) is 0 Å². The summed E-state index contributed by atoms with van der Waals surface area (Å²) in [6, 6.07) is 7.82. The Hall–Kier alpha value is -3.18. The number of fused-ring (bicyclic) bond motifs is 1. The maximum Gasteiger partial charge on any atom is 0.240 e. The van der Waals surface area contributed by atoms with Gasteiger partial charge in [0.05, 0.1) is 39.4 Å². The zero-order chi connectivity index (χ0) is 23.8. The Morgan fingerprint density at radius 3 is 2.30 bits per heavy atom. The molecule has 2 aromatic carbocycles. The van der Waals surface area contributed by atoms with Crippen LogP contribution in [0.5, 0.6) is 28.7 Å². The predicted molar refractivity (Wildman–Crippen MR) is 120 cm³/mol. The molecule has 180 valence electrons. The number of carbonyl (C=O) groups is 1. The van der Waals surface area contributed by atoms with Crippen LogP contribution in [-0.4, -0.2) is 55.4 Å². The Labute approximate surface area is 193 Å². The monoisotopic (exact) mass is 480 g/mol. The van der Waals surface area contributed by atoms with Gasteiger partial charge < -0.3 is 29.0 Å². The van der Waals surface area contributed by atoms with Gasteiger partial charge in [0.25, 0.3) is 0 Å². The second-order valence-corrected chi connectivity index (χ2v) is 8.87. The number of methoxy groups -OCH3 is 3. The zero-order valence-electron chi connectivity index (χ0n) is 18.8. The number of ether oxygens (including phenoxy) is 5. The Balaban J connectivity index is 1.55. The van der Waals surface area contributed by atoms with Crippen LogP contribution in [-0.2, 0) is 21.4 Å². The summed E-state index contributed by atoms with van der Waals surface area (Å²) in [5.74, 6) is 2.11. The van der Waals surface area contributed by atoms with Crippen LogP contribution in [0, 0.1) is 0 Å². The summed E-state index contributed by atoms with van der Waals surface area (Å²) >= 11 is 0. The van der Waals surface area contributed by atoms with Crippen LogP contribution >= 0.6 is 0 Å². The van der Waals surface area contributed by atoms with Crippen LogP contribution in [0.15, 0.2) is 35.2 Å². The average Bonchev–Trinajstić information content (AvgIpc) is 3.07. The van der Waals surface area contributed by atoms with Gasteiger partial charge in [-0.3, -0.25) is 4.79 Å². The summed E-state index contributed by atoms with van der Waals surface area (Å²) in [6.45, 7) is 1.08. The number of nitrogens with one attached hydrogen (secondary N) is 2. The molecule has 10 nitrogen and oxygen atoms in total. The maximum atomic E-state index is 12.6. The maximum absolute atomic E-state index is 12.6. The van der Waals surface area contributed by atoms with Crippen molar-refractivity contribution in [2.45, 2.75) is 24.3 Å². The minimum absolute atomic E-state index is 0.0423. The van der Waals surface area contributed by atoms with Crippen molar-refractivity contribution in [3.8, 4) is 28.7 Å². The van der Waals surface area contributed by atoms with Gasteiger partial charge in [0.2, 0.25) is 15.9 Å². The first-order chi connectivity index (χ1) is 15.9. The predicted octanol–water partition coefficient (Wildman–Crippen LogP) is 1.86. The van der Waals surface area contributed by atoms with Crippen LogP contribution in [0.2, 0.25) is 0 Å². The first-order valence-electron chi connectivity index (χ1n) is 10.3. The summed E-state index contributed by atoms with van der Waals surface area (Å²) in [6.07, 6.45) is 0.679. The lowest BCUT2D eigenvalue weighted by molar-refractivity contribution is -0.121. The lowest BCUT2D eigenvalue weighted by Gasteiger charge is -2.14. The molecule has 0 saturated carbocycles. The number of sulfonamides is 1. The molecule has 0 saturated heterocycles. The minimum atomic E-state index is -3.81. The molecule has 33 heavy (non-hydrogen) atoms. The number of carbonyl (C=O) groups excluding carboxylic acids is 1. The van der Waals surface area contributed by atoms with Gasteiger partial charge in [-0.15, -0.1) is 0 Å². The SMILES string of the molecule is COc1cc(OC)c(OC)cc1CNC(=O)CCNS(=O)(=O)c1ccc2c(c1)OCCCO2. The highest BCUT2D eigenvalue weighted by molar-refractivity contribution is 7.89. The molecular weight excluding hydrogens is 452 g/mol. The zero-order valence-corrected chi connectivity index (χ0v) is 19.6. The molecule has 1 heterocycles. The van der Waals surface area contributed by atoms with E-state index in [1.54, 1.807) is 18.2 Å². The molecule has 0 fully saturated rings. The Morgan fingerprint density at radius 1 is 0.939 bits per heavy atom. The number of amides is 1. The third-order valence-electron chi connectivity index (χ3n) is 4.94. The summed E-state index contributed by atoms with van der Waals surface area (Å²) < 4.78 is 54.6. The second kappa shape index (κ2) is 11.1. The van der Waals surface area contributed by atoms with E-state index in [2.05, 4.69) is 10.0 Å². The van der Waals surface area contributed by atoms with Gasteiger partial charge in [-0.25, -0.2) is 13.1 Å². The first-order valence-corrected chi connectivity index (χ1v) is 11.8. The van der Waals surface area contributed by atoms with Crippen molar-refractivity contribution in [2.75, 3.05) is 41.1 Å². The van der Waals surface area contributed by atoms with Crippen molar-refractivity contribution in [2.24, 2.45) is 0 Å². The second-order valence-electron chi connectivity index (χ2n) is 7.10.